The number of anilines is 1. The van der Waals surface area contributed by atoms with Crippen LogP contribution in [0.5, 0.6) is 0 Å². The Hall–Kier alpha value is -2.98. The molecule has 1 aromatic heterocycles. The zero-order chi connectivity index (χ0) is 27.0. The van der Waals surface area contributed by atoms with E-state index in [1.54, 1.807) is 19.2 Å². The zero-order valence-electron chi connectivity index (χ0n) is 20.6. The van der Waals surface area contributed by atoms with Crippen LogP contribution in [-0.2, 0) is 23.6 Å². The van der Waals surface area contributed by atoms with Gasteiger partial charge >= 0.3 is 18.4 Å². The number of hydrogen-bond acceptors (Lipinski definition) is 4. The first-order chi connectivity index (χ1) is 17.4. The van der Waals surface area contributed by atoms with Crippen LogP contribution in [0.3, 0.4) is 0 Å². The van der Waals surface area contributed by atoms with Crippen molar-refractivity contribution in [3.8, 4) is 0 Å². The summed E-state index contributed by atoms with van der Waals surface area (Å²) < 4.78 is 85.6. The molecule has 2 heterocycles. The molecule has 0 bridgehead atoms. The number of pyridine rings is 1. The zero-order valence-corrected chi connectivity index (χ0v) is 20.6. The molecule has 1 saturated heterocycles. The maximum atomic E-state index is 13.4. The maximum absolute atomic E-state index is 13.4. The molecule has 1 aliphatic carbocycles. The largest absolute Gasteiger partial charge is 0.439 e. The molecule has 2 atom stereocenters. The lowest BCUT2D eigenvalue weighted by Gasteiger charge is -2.36. The van der Waals surface area contributed by atoms with Crippen molar-refractivity contribution in [1.82, 2.24) is 9.88 Å². The third kappa shape index (κ3) is 5.80. The van der Waals surface area contributed by atoms with Gasteiger partial charge < -0.3 is 9.64 Å². The molecule has 11 heteroatoms. The van der Waals surface area contributed by atoms with Gasteiger partial charge in [0, 0.05) is 24.3 Å². The number of cyclic esters (lactones) is 1. The highest BCUT2D eigenvalue weighted by Gasteiger charge is 2.43. The number of amides is 1. The first kappa shape index (κ1) is 27.1. The van der Waals surface area contributed by atoms with E-state index in [-0.39, 0.29) is 18.2 Å². The number of rotatable bonds is 6. The molecule has 0 radical (unpaired) electrons. The molecule has 2 unspecified atom stereocenters. The van der Waals surface area contributed by atoms with Gasteiger partial charge in [-0.05, 0) is 56.5 Å². The van der Waals surface area contributed by atoms with Gasteiger partial charge in [0.2, 0.25) is 0 Å². The monoisotopic (exact) mass is 529 g/mol. The number of carbonyl (C=O) groups is 1. The molecule has 2 aliphatic rings. The Morgan fingerprint density at radius 3 is 2.22 bits per heavy atom. The molecule has 4 rings (SSSR count). The molecule has 202 valence electrons. The molecule has 1 saturated carbocycles. The van der Waals surface area contributed by atoms with Crippen molar-refractivity contribution < 1.29 is 35.9 Å². The first-order valence-electron chi connectivity index (χ1n) is 12.4. The van der Waals surface area contributed by atoms with Gasteiger partial charge in [-0.15, -0.1) is 0 Å². The molecule has 0 spiro atoms. The van der Waals surface area contributed by atoms with Crippen LogP contribution in [0.1, 0.15) is 74.3 Å². The lowest BCUT2D eigenvalue weighted by Crippen LogP contribution is -2.39. The highest BCUT2D eigenvalue weighted by molar-refractivity contribution is 5.71. The van der Waals surface area contributed by atoms with Crippen LogP contribution in [0.4, 0.5) is 37.0 Å². The molecule has 37 heavy (non-hydrogen) atoms. The van der Waals surface area contributed by atoms with Crippen LogP contribution >= 0.6 is 0 Å². The Balaban J connectivity index is 1.63. The highest BCUT2D eigenvalue weighted by atomic mass is 19.4. The average molecular weight is 530 g/mol. The number of ether oxygens (including phenoxy) is 1. The fraction of sp³-hybridized carbons (Fsp3) is 0.538. The Kier molecular flexibility index (Phi) is 7.62. The molecule has 0 N–H and O–H groups in total. The van der Waals surface area contributed by atoms with Gasteiger partial charge in [-0.25, -0.2) is 9.78 Å². The molecular weight excluding hydrogens is 500 g/mol. The van der Waals surface area contributed by atoms with Gasteiger partial charge in [-0.3, -0.25) is 4.90 Å². The van der Waals surface area contributed by atoms with E-state index in [1.807, 2.05) is 13.0 Å². The molecule has 1 aliphatic heterocycles. The van der Waals surface area contributed by atoms with Crippen LogP contribution < -0.4 is 4.90 Å². The third-order valence-corrected chi connectivity index (χ3v) is 7.17. The quantitative estimate of drug-likeness (QED) is 0.367. The van der Waals surface area contributed by atoms with Crippen molar-refractivity contribution >= 4 is 11.9 Å². The van der Waals surface area contributed by atoms with Crippen molar-refractivity contribution in [2.24, 2.45) is 0 Å². The molecular formula is C26H29F6N3O2. The first-order valence-corrected chi connectivity index (χ1v) is 12.4. The SMILES string of the molecule is CCN(c1ncccc1CN1C(=O)OC(c2cc(C(F)(F)F)cc(C(F)(F)F)c2)C1C)C1CCCCC1. The number of benzene rings is 1. The van der Waals surface area contributed by atoms with Crippen LogP contribution in [0, 0.1) is 0 Å². The predicted molar refractivity (Wildman–Crippen MR) is 125 cm³/mol. The summed E-state index contributed by atoms with van der Waals surface area (Å²) in [4.78, 5) is 20.9. The summed E-state index contributed by atoms with van der Waals surface area (Å²) >= 11 is 0. The minimum Gasteiger partial charge on any atom is -0.439 e. The summed E-state index contributed by atoms with van der Waals surface area (Å²) in [5.74, 6) is 0.721. The predicted octanol–water partition coefficient (Wildman–Crippen LogP) is 7.36. The van der Waals surface area contributed by atoms with Crippen LogP contribution in [0.25, 0.3) is 0 Å². The second-order valence-electron chi connectivity index (χ2n) is 9.58. The van der Waals surface area contributed by atoms with E-state index in [2.05, 4.69) is 9.88 Å². The van der Waals surface area contributed by atoms with Gasteiger partial charge in [0.25, 0.3) is 0 Å². The average Bonchev–Trinajstić information content (AvgIpc) is 3.13. The van der Waals surface area contributed by atoms with Gasteiger partial charge in [0.15, 0.2) is 0 Å². The fourth-order valence-electron chi connectivity index (χ4n) is 5.27. The van der Waals surface area contributed by atoms with Gasteiger partial charge in [-0.1, -0.05) is 25.3 Å². The van der Waals surface area contributed by atoms with E-state index in [4.69, 9.17) is 4.74 Å². The standard InChI is InChI=1S/C26H29F6N3O2/c1-3-34(21-9-5-4-6-10-21)23-17(8-7-11-33-23)15-35-16(2)22(37-24(35)36)18-12-19(25(27,28)29)14-20(13-18)26(30,31)32/h7-8,11-14,16,21-22H,3-6,9-10,15H2,1-2H3. The lowest BCUT2D eigenvalue weighted by atomic mass is 9.94. The van der Waals surface area contributed by atoms with Crippen molar-refractivity contribution in [1.29, 1.82) is 0 Å². The minimum absolute atomic E-state index is 0.0635. The maximum Gasteiger partial charge on any atom is 0.416 e. The van der Waals surface area contributed by atoms with Crippen molar-refractivity contribution in [2.75, 3.05) is 11.4 Å². The lowest BCUT2D eigenvalue weighted by molar-refractivity contribution is -0.143. The van der Waals surface area contributed by atoms with Gasteiger partial charge in [0.1, 0.15) is 11.9 Å². The van der Waals surface area contributed by atoms with E-state index < -0.39 is 41.7 Å². The van der Waals surface area contributed by atoms with E-state index in [0.29, 0.717) is 24.7 Å². The van der Waals surface area contributed by atoms with Crippen LogP contribution in [-0.4, -0.2) is 34.6 Å². The summed E-state index contributed by atoms with van der Waals surface area (Å²) in [5.41, 5.74) is -2.51. The van der Waals surface area contributed by atoms with E-state index in [1.165, 1.54) is 11.3 Å². The van der Waals surface area contributed by atoms with Crippen LogP contribution in [0.2, 0.25) is 0 Å². The summed E-state index contributed by atoms with van der Waals surface area (Å²) in [7, 11) is 0. The summed E-state index contributed by atoms with van der Waals surface area (Å²) in [6.07, 6.45) is -4.92. The molecule has 5 nitrogen and oxygen atoms in total. The van der Waals surface area contributed by atoms with Gasteiger partial charge in [-0.2, -0.15) is 26.3 Å². The molecule has 1 aromatic carbocycles. The molecule has 1 amide bonds. The fourth-order valence-corrected chi connectivity index (χ4v) is 5.27. The number of carbonyl (C=O) groups excluding carboxylic acids is 1. The Labute approximate surface area is 211 Å². The van der Waals surface area contributed by atoms with Crippen molar-refractivity contribution in [3.05, 3.63) is 58.8 Å². The number of halogens is 6. The van der Waals surface area contributed by atoms with Crippen molar-refractivity contribution in [2.45, 2.75) is 83.0 Å². The Bertz CT molecular complexity index is 1080. The Morgan fingerprint density at radius 2 is 1.65 bits per heavy atom. The third-order valence-electron chi connectivity index (χ3n) is 7.17. The molecule has 2 aromatic rings. The number of aromatic nitrogens is 1. The van der Waals surface area contributed by atoms with Crippen molar-refractivity contribution in [3.63, 3.8) is 0 Å². The second-order valence-corrected chi connectivity index (χ2v) is 9.58. The van der Waals surface area contributed by atoms with E-state index in [0.717, 1.165) is 37.1 Å². The molecule has 2 fully saturated rings. The summed E-state index contributed by atoms with van der Waals surface area (Å²) in [6.45, 7) is 4.36. The van der Waals surface area contributed by atoms with E-state index in [9.17, 15) is 31.1 Å². The number of nitrogens with zero attached hydrogens (tertiary/aromatic N) is 3. The smallest absolute Gasteiger partial charge is 0.416 e. The van der Waals surface area contributed by atoms with E-state index >= 15 is 0 Å². The normalized spacial score (nSPS) is 21.3. The minimum atomic E-state index is -4.99. The Morgan fingerprint density at radius 1 is 1.03 bits per heavy atom. The number of alkyl halides is 6. The number of hydrogen-bond donors (Lipinski definition) is 0. The summed E-state index contributed by atoms with van der Waals surface area (Å²) in [5, 5.41) is 0. The van der Waals surface area contributed by atoms with Gasteiger partial charge in [0.05, 0.1) is 23.7 Å². The highest BCUT2D eigenvalue weighted by Crippen LogP contribution is 2.41. The topological polar surface area (TPSA) is 45.7 Å². The summed E-state index contributed by atoms with van der Waals surface area (Å²) in [6, 6.07) is 4.36. The second kappa shape index (κ2) is 10.4. The van der Waals surface area contributed by atoms with Crippen LogP contribution in [0.15, 0.2) is 36.5 Å².